The highest BCUT2D eigenvalue weighted by molar-refractivity contribution is 5.78. The predicted molar refractivity (Wildman–Crippen MR) is 67.4 cm³/mol. The molecule has 0 radical (unpaired) electrons. The molecule has 0 aliphatic carbocycles. The Morgan fingerprint density at radius 2 is 2.06 bits per heavy atom. The van der Waals surface area contributed by atoms with Crippen LogP contribution < -0.4 is 5.43 Å². The van der Waals surface area contributed by atoms with Gasteiger partial charge in [-0.25, -0.2) is 0 Å². The van der Waals surface area contributed by atoms with Crippen molar-refractivity contribution >= 4 is 16.9 Å². The van der Waals surface area contributed by atoms with Crippen molar-refractivity contribution < 1.29 is 13.9 Å². The molecule has 0 unspecified atom stereocenters. The number of benzene rings is 1. The average molecular weight is 246 g/mol. The molecule has 0 atom stereocenters. The number of carbonyl (C=O) groups excluding carboxylic acids is 1. The molecule has 0 saturated carbocycles. The molecule has 18 heavy (non-hydrogen) atoms. The number of carbonyl (C=O) groups is 1. The van der Waals surface area contributed by atoms with Crippen LogP contribution >= 0.6 is 0 Å². The van der Waals surface area contributed by atoms with Gasteiger partial charge in [-0.2, -0.15) is 0 Å². The first-order valence-corrected chi connectivity index (χ1v) is 5.65. The Kier molecular flexibility index (Phi) is 3.19. The van der Waals surface area contributed by atoms with E-state index in [1.54, 1.807) is 19.1 Å². The van der Waals surface area contributed by atoms with Crippen LogP contribution in [0.5, 0.6) is 0 Å². The minimum Gasteiger partial charge on any atom is -0.461 e. The average Bonchev–Trinajstić information content (AvgIpc) is 2.30. The summed E-state index contributed by atoms with van der Waals surface area (Å²) in [5, 5.41) is 0.516. The summed E-state index contributed by atoms with van der Waals surface area (Å²) in [5.74, 6) is 0.0655. The van der Waals surface area contributed by atoms with Crippen LogP contribution in [0.3, 0.4) is 0 Å². The Balaban J connectivity index is 2.60. The Morgan fingerprint density at radius 3 is 2.72 bits per heavy atom. The molecule has 0 amide bonds. The van der Waals surface area contributed by atoms with E-state index in [-0.39, 0.29) is 12.0 Å². The molecule has 0 saturated heterocycles. The highest BCUT2D eigenvalue weighted by Gasteiger charge is 2.12. The first-order chi connectivity index (χ1) is 8.49. The second-order valence-electron chi connectivity index (χ2n) is 4.25. The number of ether oxygens (including phenoxy) is 1. The van der Waals surface area contributed by atoms with Gasteiger partial charge in [0.1, 0.15) is 18.0 Å². The van der Waals surface area contributed by atoms with Gasteiger partial charge in [-0.15, -0.1) is 0 Å². The van der Waals surface area contributed by atoms with Gasteiger partial charge in [0.05, 0.1) is 10.9 Å². The molecule has 0 spiro atoms. The summed E-state index contributed by atoms with van der Waals surface area (Å²) in [6, 6.07) is 5.43. The van der Waals surface area contributed by atoms with Crippen molar-refractivity contribution in [3.63, 3.8) is 0 Å². The molecule has 1 heterocycles. The van der Waals surface area contributed by atoms with Crippen molar-refractivity contribution in [2.75, 3.05) is 0 Å². The molecule has 0 aliphatic heterocycles. The van der Waals surface area contributed by atoms with Crippen LogP contribution in [-0.2, 0) is 16.1 Å². The molecule has 1 aromatic heterocycles. The van der Waals surface area contributed by atoms with Crippen LogP contribution in [0.25, 0.3) is 11.0 Å². The molecule has 2 rings (SSSR count). The van der Waals surface area contributed by atoms with Gasteiger partial charge in [0.25, 0.3) is 0 Å². The normalized spacial score (nSPS) is 10.6. The third-order valence-corrected chi connectivity index (χ3v) is 2.76. The van der Waals surface area contributed by atoms with Gasteiger partial charge in [-0.1, -0.05) is 11.6 Å². The van der Waals surface area contributed by atoms with Crippen LogP contribution in [-0.4, -0.2) is 5.97 Å². The van der Waals surface area contributed by atoms with Crippen LogP contribution in [0.1, 0.15) is 23.8 Å². The minimum atomic E-state index is -0.418. The van der Waals surface area contributed by atoms with Crippen molar-refractivity contribution in [1.82, 2.24) is 0 Å². The maximum Gasteiger partial charge on any atom is 0.302 e. The zero-order chi connectivity index (χ0) is 13.3. The van der Waals surface area contributed by atoms with Crippen molar-refractivity contribution in [2.24, 2.45) is 0 Å². The van der Waals surface area contributed by atoms with E-state index < -0.39 is 5.97 Å². The minimum absolute atomic E-state index is 0.0482. The third-order valence-electron chi connectivity index (χ3n) is 2.76. The smallest absolute Gasteiger partial charge is 0.302 e. The SMILES string of the molecule is CC(=O)OCc1c(C)oc2ccc(C)cc2c1=O. The first kappa shape index (κ1) is 12.4. The fourth-order valence-electron chi connectivity index (χ4n) is 1.80. The number of fused-ring (bicyclic) bond motifs is 1. The van der Waals surface area contributed by atoms with Gasteiger partial charge in [-0.3, -0.25) is 9.59 Å². The number of hydrogen-bond donors (Lipinski definition) is 0. The van der Waals surface area contributed by atoms with Gasteiger partial charge in [0.15, 0.2) is 5.43 Å². The van der Waals surface area contributed by atoms with Crippen LogP contribution in [0.2, 0.25) is 0 Å². The summed E-state index contributed by atoms with van der Waals surface area (Å²) < 4.78 is 10.4. The van der Waals surface area contributed by atoms with E-state index in [0.717, 1.165) is 5.56 Å². The number of rotatable bonds is 2. The molecule has 0 fully saturated rings. The highest BCUT2D eigenvalue weighted by Crippen LogP contribution is 2.17. The lowest BCUT2D eigenvalue weighted by Crippen LogP contribution is -2.14. The molecule has 4 nitrogen and oxygen atoms in total. The zero-order valence-corrected chi connectivity index (χ0v) is 10.6. The first-order valence-electron chi connectivity index (χ1n) is 5.65. The van der Waals surface area contributed by atoms with Crippen LogP contribution in [0.4, 0.5) is 0 Å². The summed E-state index contributed by atoms with van der Waals surface area (Å²) in [6.45, 7) is 4.86. The van der Waals surface area contributed by atoms with E-state index in [9.17, 15) is 9.59 Å². The van der Waals surface area contributed by atoms with Gasteiger partial charge >= 0.3 is 5.97 Å². The third kappa shape index (κ3) is 2.27. The number of hydrogen-bond acceptors (Lipinski definition) is 4. The Morgan fingerprint density at radius 1 is 1.33 bits per heavy atom. The molecule has 2 aromatic rings. The van der Waals surface area contributed by atoms with E-state index in [1.807, 2.05) is 13.0 Å². The van der Waals surface area contributed by atoms with Crippen LogP contribution in [0, 0.1) is 13.8 Å². The molecule has 4 heteroatoms. The summed E-state index contributed by atoms with van der Waals surface area (Å²) in [7, 11) is 0. The van der Waals surface area contributed by atoms with Crippen molar-refractivity contribution in [1.29, 1.82) is 0 Å². The fourth-order valence-corrected chi connectivity index (χ4v) is 1.80. The van der Waals surface area contributed by atoms with Crippen molar-refractivity contribution in [3.8, 4) is 0 Å². The van der Waals surface area contributed by atoms with E-state index >= 15 is 0 Å². The second-order valence-corrected chi connectivity index (χ2v) is 4.25. The molecule has 0 N–H and O–H groups in total. The van der Waals surface area contributed by atoms with Gasteiger partial charge in [0, 0.05) is 6.92 Å². The lowest BCUT2D eigenvalue weighted by atomic mass is 10.1. The van der Waals surface area contributed by atoms with Gasteiger partial charge < -0.3 is 9.15 Å². The maximum atomic E-state index is 12.3. The van der Waals surface area contributed by atoms with Crippen molar-refractivity contribution in [2.45, 2.75) is 27.4 Å². The maximum absolute atomic E-state index is 12.3. The highest BCUT2D eigenvalue weighted by atomic mass is 16.5. The quantitative estimate of drug-likeness (QED) is 0.764. The second kappa shape index (κ2) is 4.64. The van der Waals surface area contributed by atoms with E-state index in [1.165, 1.54) is 6.92 Å². The topological polar surface area (TPSA) is 56.5 Å². The van der Waals surface area contributed by atoms with Crippen LogP contribution in [0.15, 0.2) is 27.4 Å². The lowest BCUT2D eigenvalue weighted by Gasteiger charge is -2.07. The zero-order valence-electron chi connectivity index (χ0n) is 10.6. The summed E-state index contributed by atoms with van der Waals surface area (Å²) >= 11 is 0. The summed E-state index contributed by atoms with van der Waals surface area (Å²) in [5.41, 5.74) is 1.79. The molecule has 1 aromatic carbocycles. The lowest BCUT2D eigenvalue weighted by molar-refractivity contribution is -0.142. The van der Waals surface area contributed by atoms with Gasteiger partial charge in [0.2, 0.25) is 0 Å². The molecular formula is C14H14O4. The monoisotopic (exact) mass is 246 g/mol. The van der Waals surface area contributed by atoms with Crippen molar-refractivity contribution in [3.05, 3.63) is 45.3 Å². The predicted octanol–water partition coefficient (Wildman–Crippen LogP) is 2.47. The van der Waals surface area contributed by atoms with E-state index in [0.29, 0.717) is 22.3 Å². The fraction of sp³-hybridized carbons (Fsp3) is 0.286. The standard InChI is InChI=1S/C14H14O4/c1-8-4-5-13-11(6-8)14(16)12(9(2)18-13)7-17-10(3)15/h4-6H,7H2,1-3H3. The molecule has 0 aliphatic rings. The largest absolute Gasteiger partial charge is 0.461 e. The molecule has 0 bridgehead atoms. The Hall–Kier alpha value is -2.10. The summed E-state index contributed by atoms with van der Waals surface area (Å²) in [4.78, 5) is 23.1. The number of aryl methyl sites for hydroxylation is 2. The van der Waals surface area contributed by atoms with E-state index in [2.05, 4.69) is 0 Å². The van der Waals surface area contributed by atoms with Gasteiger partial charge in [-0.05, 0) is 26.0 Å². The Labute approximate surface area is 104 Å². The molecular weight excluding hydrogens is 232 g/mol. The van der Waals surface area contributed by atoms with E-state index in [4.69, 9.17) is 9.15 Å². The summed E-state index contributed by atoms with van der Waals surface area (Å²) in [6.07, 6.45) is 0. The number of esters is 1. The molecule has 94 valence electrons. The Bertz CT molecular complexity index is 667.